The van der Waals surface area contributed by atoms with Crippen molar-refractivity contribution in [2.45, 2.75) is 182 Å². The van der Waals surface area contributed by atoms with Gasteiger partial charge >= 0.3 is 23.6 Å². The first-order valence-electron chi connectivity index (χ1n) is 16.4. The van der Waals surface area contributed by atoms with Crippen molar-refractivity contribution in [2.24, 2.45) is 5.92 Å². The Kier molecular flexibility index (Phi) is 22.7. The largest absolute Gasteiger partial charge is 0.338 e. The van der Waals surface area contributed by atoms with Crippen LogP contribution in [-0.4, -0.2) is 28.1 Å². The van der Waals surface area contributed by atoms with Crippen LogP contribution in [0.15, 0.2) is 0 Å². The van der Waals surface area contributed by atoms with Gasteiger partial charge in [-0.3, -0.25) is 0 Å². The van der Waals surface area contributed by atoms with Crippen LogP contribution in [-0.2, 0) is 19.2 Å². The normalized spacial score (nSPS) is 12.4. The fourth-order valence-electron chi connectivity index (χ4n) is 5.26. The summed E-state index contributed by atoms with van der Waals surface area (Å²) in [7, 11) is 0. The lowest BCUT2D eigenvalue weighted by atomic mass is 9.97. The lowest BCUT2D eigenvalue weighted by molar-refractivity contribution is -0.632. The molecule has 0 spiro atoms. The Morgan fingerprint density at radius 2 is 0.737 bits per heavy atom. The quantitative estimate of drug-likeness (QED) is 0.0909. The van der Waals surface area contributed by atoms with E-state index in [0.717, 1.165) is 103 Å². The van der Waals surface area contributed by atoms with Gasteiger partial charge in [0.2, 0.25) is 0 Å². The van der Waals surface area contributed by atoms with Gasteiger partial charge in [-0.2, -0.15) is 0 Å². The molecular formula is C33H62NO4+. The predicted molar refractivity (Wildman–Crippen MR) is 158 cm³/mol. The Bertz CT molecular complexity index is 593. The third-order valence-electron chi connectivity index (χ3n) is 7.85. The number of carbonyl (C=O) groups is 4. The summed E-state index contributed by atoms with van der Waals surface area (Å²) in [6, 6.07) is 0. The lowest BCUT2D eigenvalue weighted by Crippen LogP contribution is -2.65. The van der Waals surface area contributed by atoms with Crippen LogP contribution in [0, 0.1) is 5.92 Å². The highest BCUT2D eigenvalue weighted by Gasteiger charge is 2.57. The molecule has 4 amide bonds. The van der Waals surface area contributed by atoms with Crippen LogP contribution < -0.4 is 0 Å². The SMILES string of the molecule is CCCCCCCC(=O)[N+](C(=O)CCCCCCC)(C(=O)CCCCCCC)C(=O)C(C)CCCCCC. The fourth-order valence-corrected chi connectivity index (χ4v) is 5.26. The Labute approximate surface area is 235 Å². The number of hydrogen-bond acceptors (Lipinski definition) is 4. The fraction of sp³-hybridized carbons (Fsp3) is 0.879. The molecule has 0 bridgehead atoms. The molecule has 0 N–H and O–H groups in total. The summed E-state index contributed by atoms with van der Waals surface area (Å²) in [5.74, 6) is -2.35. The van der Waals surface area contributed by atoms with Gasteiger partial charge in [-0.05, 0) is 32.6 Å². The number of carbonyl (C=O) groups excluding carboxylic acids is 4. The minimum absolute atomic E-state index is 0.126. The number of unbranched alkanes of at least 4 members (excludes halogenated alkanes) is 15. The van der Waals surface area contributed by atoms with E-state index < -0.39 is 34.0 Å². The molecule has 0 rings (SSSR count). The molecule has 1 atom stereocenters. The van der Waals surface area contributed by atoms with Gasteiger partial charge in [0, 0.05) is 0 Å². The maximum absolute atomic E-state index is 14.1. The van der Waals surface area contributed by atoms with E-state index in [2.05, 4.69) is 27.7 Å². The first-order chi connectivity index (χ1) is 18.3. The average Bonchev–Trinajstić information content (AvgIpc) is 2.90. The molecule has 5 heteroatoms. The van der Waals surface area contributed by atoms with Crippen LogP contribution in [0.3, 0.4) is 0 Å². The highest BCUT2D eigenvalue weighted by molar-refractivity contribution is 6.09. The Balaban J connectivity index is 5.96. The van der Waals surface area contributed by atoms with Crippen molar-refractivity contribution in [3.05, 3.63) is 0 Å². The zero-order valence-electron chi connectivity index (χ0n) is 25.9. The van der Waals surface area contributed by atoms with Crippen molar-refractivity contribution >= 4 is 23.6 Å². The van der Waals surface area contributed by atoms with Crippen molar-refractivity contribution in [3.8, 4) is 0 Å². The van der Waals surface area contributed by atoms with E-state index in [0.29, 0.717) is 25.7 Å². The van der Waals surface area contributed by atoms with E-state index in [9.17, 15) is 19.2 Å². The second-order valence-electron chi connectivity index (χ2n) is 11.4. The molecule has 0 aromatic rings. The van der Waals surface area contributed by atoms with Crippen LogP contribution in [0.1, 0.15) is 182 Å². The van der Waals surface area contributed by atoms with Gasteiger partial charge in [0.1, 0.15) is 0 Å². The first kappa shape index (κ1) is 36.6. The van der Waals surface area contributed by atoms with Crippen LogP contribution in [0.2, 0.25) is 0 Å². The molecule has 0 aliphatic rings. The second kappa shape index (κ2) is 23.5. The molecule has 5 nitrogen and oxygen atoms in total. The van der Waals surface area contributed by atoms with Crippen LogP contribution in [0.5, 0.6) is 0 Å². The number of hydrogen-bond donors (Lipinski definition) is 0. The van der Waals surface area contributed by atoms with Crippen LogP contribution in [0.4, 0.5) is 0 Å². The van der Waals surface area contributed by atoms with Crippen molar-refractivity contribution in [1.82, 2.24) is 0 Å². The van der Waals surface area contributed by atoms with Crippen LogP contribution >= 0.6 is 0 Å². The van der Waals surface area contributed by atoms with Crippen molar-refractivity contribution in [2.75, 3.05) is 0 Å². The molecule has 0 fully saturated rings. The van der Waals surface area contributed by atoms with E-state index in [1.54, 1.807) is 0 Å². The number of imide groups is 6. The molecular weight excluding hydrogens is 474 g/mol. The first-order valence-corrected chi connectivity index (χ1v) is 16.4. The van der Waals surface area contributed by atoms with E-state index in [4.69, 9.17) is 0 Å². The van der Waals surface area contributed by atoms with Gasteiger partial charge < -0.3 is 0 Å². The average molecular weight is 537 g/mol. The second-order valence-corrected chi connectivity index (χ2v) is 11.4. The lowest BCUT2D eigenvalue weighted by Gasteiger charge is -2.31. The van der Waals surface area contributed by atoms with E-state index in [1.165, 1.54) is 0 Å². The van der Waals surface area contributed by atoms with E-state index in [1.807, 2.05) is 6.92 Å². The van der Waals surface area contributed by atoms with Gasteiger partial charge in [-0.15, -0.1) is 0 Å². The van der Waals surface area contributed by atoms with Gasteiger partial charge in [0.25, 0.3) is 0 Å². The summed E-state index contributed by atoms with van der Waals surface area (Å²) in [6.45, 7) is 10.4. The topological polar surface area (TPSA) is 68.3 Å². The zero-order valence-corrected chi connectivity index (χ0v) is 25.9. The molecule has 0 aliphatic heterocycles. The highest BCUT2D eigenvalue weighted by Crippen LogP contribution is 2.27. The molecule has 0 aromatic carbocycles. The third-order valence-corrected chi connectivity index (χ3v) is 7.85. The molecule has 0 saturated carbocycles. The minimum Gasteiger partial charge on any atom is -0.229 e. The highest BCUT2D eigenvalue weighted by atomic mass is 16.2. The van der Waals surface area contributed by atoms with Crippen molar-refractivity contribution in [1.29, 1.82) is 0 Å². The monoisotopic (exact) mass is 536 g/mol. The van der Waals surface area contributed by atoms with Crippen molar-refractivity contribution < 1.29 is 23.7 Å². The number of rotatable bonds is 24. The summed E-state index contributed by atoms with van der Waals surface area (Å²) in [6.07, 6.45) is 19.4. The molecule has 0 radical (unpaired) electrons. The molecule has 0 aliphatic carbocycles. The maximum atomic E-state index is 14.1. The number of nitrogens with zero attached hydrogens (tertiary/aromatic N) is 1. The molecule has 1 unspecified atom stereocenters. The molecule has 0 saturated heterocycles. The van der Waals surface area contributed by atoms with Crippen molar-refractivity contribution in [3.63, 3.8) is 0 Å². The van der Waals surface area contributed by atoms with Gasteiger partial charge in [-0.1, -0.05) is 135 Å². The predicted octanol–water partition coefficient (Wildman–Crippen LogP) is 9.60. The summed E-state index contributed by atoms with van der Waals surface area (Å²) < 4.78 is -1.15. The summed E-state index contributed by atoms with van der Waals surface area (Å²) in [5.41, 5.74) is 0. The summed E-state index contributed by atoms with van der Waals surface area (Å²) >= 11 is 0. The standard InChI is InChI=1S/C33H62NO4/c1-6-10-14-18-22-26-30(35)34(31(36)27-23-19-15-11-7-2,32(37)28-24-20-16-12-8-3)33(38)29(5)25-21-17-13-9-4/h29H,6-28H2,1-5H3/q+1. The zero-order chi connectivity index (χ0) is 28.7. The van der Waals surface area contributed by atoms with Gasteiger partial charge in [0.05, 0.1) is 25.2 Å². The Morgan fingerprint density at radius 1 is 0.447 bits per heavy atom. The number of quaternary nitrogens is 1. The van der Waals surface area contributed by atoms with E-state index >= 15 is 0 Å². The molecule has 0 aromatic heterocycles. The Hall–Kier alpha value is -1.36. The third kappa shape index (κ3) is 13.6. The van der Waals surface area contributed by atoms with Gasteiger partial charge in [0.15, 0.2) is 0 Å². The van der Waals surface area contributed by atoms with E-state index in [-0.39, 0.29) is 19.3 Å². The number of amides is 4. The minimum atomic E-state index is -1.15. The molecule has 222 valence electrons. The van der Waals surface area contributed by atoms with Crippen LogP contribution in [0.25, 0.3) is 0 Å². The summed E-state index contributed by atoms with van der Waals surface area (Å²) in [4.78, 5) is 55.7. The maximum Gasteiger partial charge on any atom is 0.338 e. The smallest absolute Gasteiger partial charge is 0.229 e. The van der Waals surface area contributed by atoms with Gasteiger partial charge in [-0.25, -0.2) is 19.2 Å². The molecule has 0 heterocycles. The molecule has 38 heavy (non-hydrogen) atoms. The Morgan fingerprint density at radius 3 is 1.05 bits per heavy atom. The summed E-state index contributed by atoms with van der Waals surface area (Å²) in [5, 5.41) is 0.